The van der Waals surface area contributed by atoms with Crippen molar-refractivity contribution in [1.82, 2.24) is 19.8 Å². The third-order valence-corrected chi connectivity index (χ3v) is 3.31. The fraction of sp³-hybridized carbons (Fsp3) is 0.615. The van der Waals surface area contributed by atoms with Crippen molar-refractivity contribution in [2.75, 3.05) is 39.8 Å². The van der Waals surface area contributed by atoms with Gasteiger partial charge in [0.2, 0.25) is 0 Å². The minimum absolute atomic E-state index is 0.139. The normalized spacial score (nSPS) is 17.3. The summed E-state index contributed by atoms with van der Waals surface area (Å²) in [6.45, 7) is 5.50. The summed E-state index contributed by atoms with van der Waals surface area (Å²) in [5.74, 6) is 0.727. The maximum absolute atomic E-state index is 11.1. The van der Waals surface area contributed by atoms with Gasteiger partial charge >= 0.3 is 5.97 Å². The molecule has 1 saturated heterocycles. The van der Waals surface area contributed by atoms with E-state index in [0.717, 1.165) is 45.1 Å². The van der Waals surface area contributed by atoms with E-state index in [-0.39, 0.29) is 5.97 Å². The molecule has 0 radical (unpaired) electrons. The molecule has 1 aromatic heterocycles. The van der Waals surface area contributed by atoms with E-state index in [1.807, 2.05) is 6.07 Å². The first-order valence-corrected chi connectivity index (χ1v) is 6.55. The van der Waals surface area contributed by atoms with Gasteiger partial charge in [0.25, 0.3) is 0 Å². The van der Waals surface area contributed by atoms with Gasteiger partial charge in [0, 0.05) is 45.1 Å². The fourth-order valence-corrected chi connectivity index (χ4v) is 2.13. The molecule has 1 fully saturated rings. The summed E-state index contributed by atoms with van der Waals surface area (Å²) in [5, 5.41) is 0. The lowest BCUT2D eigenvalue weighted by Crippen LogP contribution is -2.46. The molecule has 1 aromatic rings. The Bertz CT molecular complexity index is 391. The molecule has 0 spiro atoms. The molecular weight excluding hydrogens is 244 g/mol. The van der Waals surface area contributed by atoms with E-state index in [9.17, 15) is 4.79 Å². The van der Waals surface area contributed by atoms with Crippen LogP contribution < -0.4 is 0 Å². The summed E-state index contributed by atoms with van der Waals surface area (Å²) < 4.78 is 4.65. The molecule has 0 N–H and O–H groups in total. The molecule has 0 bridgehead atoms. The standard InChI is InChI=1S/C13H20N4O2/c1-19-13(18)3-6-16-7-9-17(10-8-16)11-12-14-4-2-5-15-12/h2,4-5H,3,6-11H2,1H3. The predicted molar refractivity (Wildman–Crippen MR) is 70.4 cm³/mol. The van der Waals surface area contributed by atoms with Crippen LogP contribution in [0.15, 0.2) is 18.5 Å². The van der Waals surface area contributed by atoms with Crippen LogP contribution in [0.5, 0.6) is 0 Å². The van der Waals surface area contributed by atoms with Crippen molar-refractivity contribution >= 4 is 5.97 Å². The first-order valence-electron chi connectivity index (χ1n) is 6.55. The van der Waals surface area contributed by atoms with Crippen molar-refractivity contribution in [3.8, 4) is 0 Å². The zero-order valence-electron chi connectivity index (χ0n) is 11.3. The summed E-state index contributed by atoms with van der Waals surface area (Å²) >= 11 is 0. The highest BCUT2D eigenvalue weighted by Crippen LogP contribution is 2.05. The van der Waals surface area contributed by atoms with Crippen molar-refractivity contribution in [3.05, 3.63) is 24.3 Å². The Morgan fingerprint density at radius 2 is 1.84 bits per heavy atom. The van der Waals surface area contributed by atoms with Gasteiger partial charge in [0.05, 0.1) is 20.1 Å². The third-order valence-electron chi connectivity index (χ3n) is 3.31. The van der Waals surface area contributed by atoms with E-state index in [2.05, 4.69) is 24.5 Å². The van der Waals surface area contributed by atoms with E-state index in [4.69, 9.17) is 0 Å². The number of hydrogen-bond acceptors (Lipinski definition) is 6. The van der Waals surface area contributed by atoms with Crippen LogP contribution >= 0.6 is 0 Å². The Morgan fingerprint density at radius 3 is 2.47 bits per heavy atom. The van der Waals surface area contributed by atoms with Gasteiger partial charge in [-0.05, 0) is 6.07 Å². The lowest BCUT2D eigenvalue weighted by atomic mass is 10.3. The molecule has 0 aromatic carbocycles. The van der Waals surface area contributed by atoms with Crippen molar-refractivity contribution in [1.29, 1.82) is 0 Å². The predicted octanol–water partition coefficient (Wildman–Crippen LogP) is 0.157. The van der Waals surface area contributed by atoms with Gasteiger partial charge in [-0.25, -0.2) is 9.97 Å². The molecule has 0 saturated carbocycles. The Morgan fingerprint density at radius 1 is 1.21 bits per heavy atom. The van der Waals surface area contributed by atoms with E-state index >= 15 is 0 Å². The molecule has 19 heavy (non-hydrogen) atoms. The van der Waals surface area contributed by atoms with Crippen LogP contribution in [0.4, 0.5) is 0 Å². The average molecular weight is 264 g/mol. The van der Waals surface area contributed by atoms with Crippen LogP contribution in [0.2, 0.25) is 0 Å². The van der Waals surface area contributed by atoms with Gasteiger partial charge in [-0.15, -0.1) is 0 Å². The Hall–Kier alpha value is -1.53. The van der Waals surface area contributed by atoms with Crippen LogP contribution in [0, 0.1) is 0 Å². The highest BCUT2D eigenvalue weighted by Gasteiger charge is 2.18. The zero-order chi connectivity index (χ0) is 13.5. The van der Waals surface area contributed by atoms with E-state index in [1.54, 1.807) is 12.4 Å². The summed E-state index contributed by atoms with van der Waals surface area (Å²) in [5.41, 5.74) is 0. The topological polar surface area (TPSA) is 58.6 Å². The maximum atomic E-state index is 11.1. The third kappa shape index (κ3) is 4.57. The monoisotopic (exact) mass is 264 g/mol. The minimum Gasteiger partial charge on any atom is -0.469 e. The van der Waals surface area contributed by atoms with Crippen LogP contribution in [0.3, 0.4) is 0 Å². The molecule has 0 amide bonds. The molecule has 2 heterocycles. The molecule has 6 nitrogen and oxygen atoms in total. The second-order valence-corrected chi connectivity index (χ2v) is 4.61. The first-order chi connectivity index (χ1) is 9.28. The van der Waals surface area contributed by atoms with E-state index < -0.39 is 0 Å². The quantitative estimate of drug-likeness (QED) is 0.706. The number of carbonyl (C=O) groups excluding carboxylic acids is 1. The lowest BCUT2D eigenvalue weighted by Gasteiger charge is -2.34. The number of nitrogens with zero attached hydrogens (tertiary/aromatic N) is 4. The van der Waals surface area contributed by atoms with Gasteiger partial charge in [-0.3, -0.25) is 9.69 Å². The van der Waals surface area contributed by atoms with Gasteiger partial charge in [0.1, 0.15) is 5.82 Å². The van der Waals surface area contributed by atoms with Crippen molar-refractivity contribution in [2.45, 2.75) is 13.0 Å². The largest absolute Gasteiger partial charge is 0.469 e. The van der Waals surface area contributed by atoms with E-state index in [0.29, 0.717) is 6.42 Å². The lowest BCUT2D eigenvalue weighted by molar-refractivity contribution is -0.141. The Balaban J connectivity index is 1.69. The van der Waals surface area contributed by atoms with Gasteiger partial charge in [-0.1, -0.05) is 0 Å². The van der Waals surface area contributed by atoms with E-state index in [1.165, 1.54) is 7.11 Å². The smallest absolute Gasteiger partial charge is 0.306 e. The molecule has 1 aliphatic rings. The highest BCUT2D eigenvalue weighted by molar-refractivity contribution is 5.69. The number of rotatable bonds is 5. The number of ether oxygens (including phenoxy) is 1. The Labute approximate surface area is 113 Å². The number of methoxy groups -OCH3 is 1. The van der Waals surface area contributed by atoms with Crippen molar-refractivity contribution < 1.29 is 9.53 Å². The molecule has 104 valence electrons. The summed E-state index contributed by atoms with van der Waals surface area (Å²) in [6.07, 6.45) is 4.02. The number of piperazine rings is 1. The number of carbonyl (C=O) groups is 1. The molecule has 0 aliphatic carbocycles. The summed E-state index contributed by atoms with van der Waals surface area (Å²) in [6, 6.07) is 1.83. The number of aromatic nitrogens is 2. The maximum Gasteiger partial charge on any atom is 0.306 e. The molecule has 6 heteroatoms. The number of hydrogen-bond donors (Lipinski definition) is 0. The summed E-state index contributed by atoms with van der Waals surface area (Å²) in [7, 11) is 1.43. The van der Waals surface area contributed by atoms with Crippen LogP contribution in [0.25, 0.3) is 0 Å². The summed E-state index contributed by atoms with van der Waals surface area (Å²) in [4.78, 5) is 24.2. The highest BCUT2D eigenvalue weighted by atomic mass is 16.5. The van der Waals surface area contributed by atoms with Gasteiger partial charge < -0.3 is 9.64 Å². The fourth-order valence-electron chi connectivity index (χ4n) is 2.13. The van der Waals surface area contributed by atoms with Crippen LogP contribution in [-0.2, 0) is 16.1 Å². The first kappa shape index (κ1) is 13.9. The van der Waals surface area contributed by atoms with Gasteiger partial charge in [0.15, 0.2) is 0 Å². The molecule has 0 unspecified atom stereocenters. The minimum atomic E-state index is -0.139. The second-order valence-electron chi connectivity index (χ2n) is 4.61. The van der Waals surface area contributed by atoms with Gasteiger partial charge in [-0.2, -0.15) is 0 Å². The molecular formula is C13H20N4O2. The average Bonchev–Trinajstić information content (AvgIpc) is 2.47. The molecule has 2 rings (SSSR count). The van der Waals surface area contributed by atoms with Crippen molar-refractivity contribution in [3.63, 3.8) is 0 Å². The van der Waals surface area contributed by atoms with Crippen LogP contribution in [0.1, 0.15) is 12.2 Å². The molecule has 0 atom stereocenters. The SMILES string of the molecule is COC(=O)CCN1CCN(Cc2ncccn2)CC1. The van der Waals surface area contributed by atoms with Crippen molar-refractivity contribution in [2.24, 2.45) is 0 Å². The second kappa shape index (κ2) is 7.16. The zero-order valence-corrected chi connectivity index (χ0v) is 11.3. The molecule has 1 aliphatic heterocycles. The Kier molecular flexibility index (Phi) is 5.23. The van der Waals surface area contributed by atoms with Crippen LogP contribution in [-0.4, -0.2) is 65.6 Å². The number of esters is 1.